The lowest BCUT2D eigenvalue weighted by atomic mass is 9.97. The molecule has 0 aliphatic heterocycles. The number of Topliss-reactive ketones (excluding diaryl/α,β-unsaturated/α-hetero) is 1. The number of ether oxygens (including phenoxy) is 4. The lowest BCUT2D eigenvalue weighted by molar-refractivity contribution is -0.166. The van der Waals surface area contributed by atoms with Gasteiger partial charge in [0.1, 0.15) is 0 Å². The summed E-state index contributed by atoms with van der Waals surface area (Å²) in [5.74, 6) is -0.827. The SMILES string of the molecule is COc1ccc2c(c1OC)C(=O)C(OC)(OC)CC=C2Br. The maximum atomic E-state index is 13.0. The van der Waals surface area contributed by atoms with Crippen LogP contribution in [-0.2, 0) is 9.47 Å². The van der Waals surface area contributed by atoms with Crippen molar-refractivity contribution in [2.45, 2.75) is 12.2 Å². The van der Waals surface area contributed by atoms with Crippen LogP contribution in [0.15, 0.2) is 18.2 Å². The van der Waals surface area contributed by atoms with Gasteiger partial charge in [0.25, 0.3) is 0 Å². The van der Waals surface area contributed by atoms with Crippen molar-refractivity contribution in [2.24, 2.45) is 0 Å². The first-order chi connectivity index (χ1) is 10.0. The van der Waals surface area contributed by atoms with Crippen molar-refractivity contribution < 1.29 is 23.7 Å². The highest BCUT2D eigenvalue weighted by molar-refractivity contribution is 9.15. The summed E-state index contributed by atoms with van der Waals surface area (Å²) in [5, 5.41) is 0. The molecule has 0 atom stereocenters. The average molecular weight is 357 g/mol. The molecule has 0 fully saturated rings. The van der Waals surface area contributed by atoms with E-state index in [0.29, 0.717) is 29.0 Å². The van der Waals surface area contributed by atoms with Crippen LogP contribution in [0.25, 0.3) is 4.48 Å². The predicted octanol–water partition coefficient (Wildman–Crippen LogP) is 3.02. The number of halogens is 1. The lowest BCUT2D eigenvalue weighted by Crippen LogP contribution is -2.42. The van der Waals surface area contributed by atoms with Gasteiger partial charge in [-0.2, -0.15) is 0 Å². The summed E-state index contributed by atoms with van der Waals surface area (Å²) < 4.78 is 22.2. The molecule has 0 amide bonds. The molecule has 0 saturated heterocycles. The molecule has 1 aromatic carbocycles. The van der Waals surface area contributed by atoms with Crippen molar-refractivity contribution in [3.05, 3.63) is 29.3 Å². The van der Waals surface area contributed by atoms with Gasteiger partial charge in [-0.05, 0) is 12.1 Å². The smallest absolute Gasteiger partial charge is 0.236 e. The van der Waals surface area contributed by atoms with E-state index in [-0.39, 0.29) is 5.78 Å². The maximum absolute atomic E-state index is 13.0. The summed E-state index contributed by atoms with van der Waals surface area (Å²) in [4.78, 5) is 13.0. The number of hydrogen-bond acceptors (Lipinski definition) is 5. The van der Waals surface area contributed by atoms with Gasteiger partial charge in [0, 0.05) is 30.7 Å². The first-order valence-corrected chi connectivity index (χ1v) is 7.10. The summed E-state index contributed by atoms with van der Waals surface area (Å²) in [6.45, 7) is 0. The lowest BCUT2D eigenvalue weighted by Gasteiger charge is -2.28. The molecule has 5 nitrogen and oxygen atoms in total. The standard InChI is InChI=1S/C15H17BrO5/c1-18-11-6-5-9-10(16)7-8-15(20-3,21-4)14(17)12(9)13(11)19-2/h5-7H,8H2,1-4H3. The zero-order chi connectivity index (χ0) is 15.6. The Bertz CT molecular complexity index is 590. The van der Waals surface area contributed by atoms with E-state index in [9.17, 15) is 4.79 Å². The number of hydrogen-bond donors (Lipinski definition) is 0. The summed E-state index contributed by atoms with van der Waals surface area (Å²) >= 11 is 3.49. The second kappa shape index (κ2) is 6.17. The Morgan fingerprint density at radius 3 is 2.29 bits per heavy atom. The number of carbonyl (C=O) groups is 1. The average Bonchev–Trinajstić information content (AvgIpc) is 2.63. The highest BCUT2D eigenvalue weighted by Gasteiger charge is 2.43. The molecule has 0 unspecified atom stereocenters. The van der Waals surface area contributed by atoms with Crippen LogP contribution in [-0.4, -0.2) is 40.0 Å². The van der Waals surface area contributed by atoms with Crippen LogP contribution in [0, 0.1) is 0 Å². The molecule has 1 aliphatic rings. The molecule has 2 rings (SSSR count). The third-order valence-electron chi connectivity index (χ3n) is 3.59. The topological polar surface area (TPSA) is 54.0 Å². The molecule has 0 heterocycles. The summed E-state index contributed by atoms with van der Waals surface area (Å²) in [7, 11) is 5.91. The molecule has 0 radical (unpaired) electrons. The van der Waals surface area contributed by atoms with Crippen molar-refractivity contribution >= 4 is 26.2 Å². The molecule has 0 saturated carbocycles. The fraction of sp³-hybridized carbons (Fsp3) is 0.400. The van der Waals surface area contributed by atoms with Gasteiger partial charge >= 0.3 is 0 Å². The van der Waals surface area contributed by atoms with Gasteiger partial charge in [-0.3, -0.25) is 4.79 Å². The van der Waals surface area contributed by atoms with Gasteiger partial charge in [0.05, 0.1) is 19.8 Å². The van der Waals surface area contributed by atoms with Crippen molar-refractivity contribution in [1.29, 1.82) is 0 Å². The first kappa shape index (κ1) is 16.0. The fourth-order valence-corrected chi connectivity index (χ4v) is 2.90. The van der Waals surface area contributed by atoms with Crippen molar-refractivity contribution in [1.82, 2.24) is 0 Å². The number of rotatable bonds is 4. The van der Waals surface area contributed by atoms with Crippen LogP contribution in [0.3, 0.4) is 0 Å². The molecule has 0 aromatic heterocycles. The van der Waals surface area contributed by atoms with E-state index < -0.39 is 5.79 Å². The molecule has 21 heavy (non-hydrogen) atoms. The molecule has 114 valence electrons. The summed E-state index contributed by atoms with van der Waals surface area (Å²) in [6, 6.07) is 3.56. The van der Waals surface area contributed by atoms with Crippen molar-refractivity contribution in [3.63, 3.8) is 0 Å². The predicted molar refractivity (Wildman–Crippen MR) is 82.1 cm³/mol. The summed E-state index contributed by atoms with van der Waals surface area (Å²) in [6.07, 6.45) is 2.14. The Hall–Kier alpha value is -1.37. The molecular weight excluding hydrogens is 340 g/mol. The summed E-state index contributed by atoms with van der Waals surface area (Å²) in [5.41, 5.74) is 1.09. The van der Waals surface area contributed by atoms with Gasteiger partial charge in [-0.15, -0.1) is 0 Å². The second-order valence-electron chi connectivity index (χ2n) is 4.47. The normalized spacial score (nSPS) is 16.8. The second-order valence-corrected chi connectivity index (χ2v) is 5.32. The number of methoxy groups -OCH3 is 4. The fourth-order valence-electron chi connectivity index (χ4n) is 2.40. The Morgan fingerprint density at radius 2 is 1.76 bits per heavy atom. The van der Waals surface area contributed by atoms with Gasteiger partial charge in [0.2, 0.25) is 11.6 Å². The highest BCUT2D eigenvalue weighted by atomic mass is 79.9. The third-order valence-corrected chi connectivity index (χ3v) is 4.34. The zero-order valence-corrected chi connectivity index (χ0v) is 13.9. The number of carbonyl (C=O) groups excluding carboxylic acids is 1. The minimum absolute atomic E-state index is 0.291. The Kier molecular flexibility index (Phi) is 4.70. The van der Waals surface area contributed by atoms with Crippen LogP contribution in [0.4, 0.5) is 0 Å². The van der Waals surface area contributed by atoms with Crippen molar-refractivity contribution in [2.75, 3.05) is 28.4 Å². The van der Waals surface area contributed by atoms with Gasteiger partial charge in [-0.25, -0.2) is 0 Å². The van der Waals surface area contributed by atoms with Crippen molar-refractivity contribution in [3.8, 4) is 11.5 Å². The van der Waals surface area contributed by atoms with Gasteiger partial charge in [-0.1, -0.05) is 22.0 Å². The largest absolute Gasteiger partial charge is 0.493 e. The zero-order valence-electron chi connectivity index (χ0n) is 12.4. The minimum Gasteiger partial charge on any atom is -0.493 e. The third kappa shape index (κ3) is 2.47. The number of fused-ring (bicyclic) bond motifs is 1. The highest BCUT2D eigenvalue weighted by Crippen LogP contribution is 2.43. The quantitative estimate of drug-likeness (QED) is 0.776. The van der Waals surface area contributed by atoms with Crippen LogP contribution >= 0.6 is 15.9 Å². The monoisotopic (exact) mass is 356 g/mol. The number of benzene rings is 1. The van der Waals surface area contributed by atoms with Gasteiger partial charge < -0.3 is 18.9 Å². The van der Waals surface area contributed by atoms with E-state index >= 15 is 0 Å². The van der Waals surface area contributed by atoms with E-state index in [1.165, 1.54) is 28.4 Å². The minimum atomic E-state index is -1.37. The van der Waals surface area contributed by atoms with E-state index in [2.05, 4.69) is 15.9 Å². The van der Waals surface area contributed by atoms with Crippen LogP contribution in [0.2, 0.25) is 0 Å². The van der Waals surface area contributed by atoms with E-state index in [1.54, 1.807) is 12.1 Å². The van der Waals surface area contributed by atoms with Crippen LogP contribution in [0.5, 0.6) is 11.5 Å². The van der Waals surface area contributed by atoms with E-state index in [4.69, 9.17) is 18.9 Å². The molecule has 0 spiro atoms. The molecule has 1 aromatic rings. The first-order valence-electron chi connectivity index (χ1n) is 6.30. The molecule has 6 heteroatoms. The molecule has 0 N–H and O–H groups in total. The Labute approximate surface area is 132 Å². The molecule has 1 aliphatic carbocycles. The van der Waals surface area contributed by atoms with E-state index in [1.807, 2.05) is 6.08 Å². The maximum Gasteiger partial charge on any atom is 0.236 e. The Morgan fingerprint density at radius 1 is 1.10 bits per heavy atom. The van der Waals surface area contributed by atoms with Crippen LogP contribution < -0.4 is 9.47 Å². The molecular formula is C15H17BrO5. The van der Waals surface area contributed by atoms with E-state index in [0.717, 1.165) is 4.48 Å². The molecule has 0 bridgehead atoms. The number of ketones is 1. The van der Waals surface area contributed by atoms with Crippen LogP contribution in [0.1, 0.15) is 22.3 Å². The Balaban J connectivity index is 2.77. The van der Waals surface area contributed by atoms with Gasteiger partial charge in [0.15, 0.2) is 11.5 Å².